The molecule has 0 saturated heterocycles. The zero-order chi connectivity index (χ0) is 13.4. The minimum Gasteiger partial charge on any atom is -0.481 e. The van der Waals surface area contributed by atoms with Crippen molar-refractivity contribution in [3.63, 3.8) is 0 Å². The molecule has 1 aliphatic carbocycles. The van der Waals surface area contributed by atoms with Crippen LogP contribution in [0.3, 0.4) is 0 Å². The number of rotatable bonds is 3. The maximum atomic E-state index is 11.3. The number of aliphatic carboxylic acids is 1. The second kappa shape index (κ2) is 4.72. The Morgan fingerprint density at radius 3 is 2.68 bits per heavy atom. The molecule has 1 atom stereocenters. The number of aromatic nitrogens is 1. The number of fused-ring (bicyclic) bond motifs is 1. The van der Waals surface area contributed by atoms with Crippen molar-refractivity contribution in [1.82, 2.24) is 4.57 Å². The molecule has 3 heteroatoms. The van der Waals surface area contributed by atoms with E-state index in [1.807, 2.05) is 18.2 Å². The van der Waals surface area contributed by atoms with Crippen LogP contribution in [-0.4, -0.2) is 15.6 Å². The average Bonchev–Trinajstić information content (AvgIpc) is 3.04. The standard InChI is InChI=1S/C16H19NO2/c1-11(16(18)19)14-10-17(12-6-2-3-7-12)15-9-5-4-8-13(14)15/h4-5,8-12H,2-3,6-7H2,1H3,(H,18,19). The lowest BCUT2D eigenvalue weighted by atomic mass is 10.0. The van der Waals surface area contributed by atoms with Crippen LogP contribution in [0, 0.1) is 0 Å². The minimum absolute atomic E-state index is 0.451. The van der Waals surface area contributed by atoms with Gasteiger partial charge in [-0.1, -0.05) is 31.0 Å². The van der Waals surface area contributed by atoms with E-state index in [0.717, 1.165) is 10.9 Å². The van der Waals surface area contributed by atoms with Gasteiger partial charge in [0.1, 0.15) is 0 Å². The average molecular weight is 257 g/mol. The summed E-state index contributed by atoms with van der Waals surface area (Å²) >= 11 is 0. The molecule has 3 nitrogen and oxygen atoms in total. The van der Waals surface area contributed by atoms with Crippen molar-refractivity contribution in [3.05, 3.63) is 36.0 Å². The number of carboxylic acids is 1. The topological polar surface area (TPSA) is 42.2 Å². The van der Waals surface area contributed by atoms with Crippen molar-refractivity contribution in [2.75, 3.05) is 0 Å². The van der Waals surface area contributed by atoms with Crippen LogP contribution in [0.25, 0.3) is 10.9 Å². The SMILES string of the molecule is CC(C(=O)O)c1cn(C2CCCC2)c2ccccc12. The quantitative estimate of drug-likeness (QED) is 0.904. The van der Waals surface area contributed by atoms with Gasteiger partial charge >= 0.3 is 5.97 Å². The van der Waals surface area contributed by atoms with E-state index in [-0.39, 0.29) is 0 Å². The third-order valence-electron chi connectivity index (χ3n) is 4.33. The first-order chi connectivity index (χ1) is 9.18. The lowest BCUT2D eigenvalue weighted by Gasteiger charge is -2.13. The molecule has 0 spiro atoms. The number of hydrogen-bond donors (Lipinski definition) is 1. The van der Waals surface area contributed by atoms with Gasteiger partial charge in [-0.05, 0) is 31.4 Å². The van der Waals surface area contributed by atoms with Gasteiger partial charge in [0.2, 0.25) is 0 Å². The first-order valence-electron chi connectivity index (χ1n) is 7.00. The fourth-order valence-corrected chi connectivity index (χ4v) is 3.19. The fraction of sp³-hybridized carbons (Fsp3) is 0.438. The smallest absolute Gasteiger partial charge is 0.310 e. The van der Waals surface area contributed by atoms with E-state index >= 15 is 0 Å². The predicted molar refractivity (Wildman–Crippen MR) is 75.5 cm³/mol. The molecule has 1 fully saturated rings. The molecule has 0 bridgehead atoms. The van der Waals surface area contributed by atoms with Gasteiger partial charge in [0.15, 0.2) is 0 Å². The van der Waals surface area contributed by atoms with Crippen LogP contribution in [0.4, 0.5) is 0 Å². The van der Waals surface area contributed by atoms with Crippen molar-refractivity contribution in [1.29, 1.82) is 0 Å². The van der Waals surface area contributed by atoms with Crippen LogP contribution in [0.15, 0.2) is 30.5 Å². The highest BCUT2D eigenvalue weighted by Gasteiger charge is 2.23. The molecule has 1 unspecified atom stereocenters. The van der Waals surface area contributed by atoms with Crippen LogP contribution in [-0.2, 0) is 4.79 Å². The lowest BCUT2D eigenvalue weighted by Crippen LogP contribution is -2.07. The molecular weight excluding hydrogens is 238 g/mol. The van der Waals surface area contributed by atoms with Gasteiger partial charge in [0.25, 0.3) is 0 Å². The maximum Gasteiger partial charge on any atom is 0.310 e. The molecule has 1 aromatic heterocycles. The third-order valence-corrected chi connectivity index (χ3v) is 4.33. The Morgan fingerprint density at radius 2 is 2.00 bits per heavy atom. The first kappa shape index (κ1) is 12.3. The van der Waals surface area contributed by atoms with Gasteiger partial charge in [0.05, 0.1) is 5.92 Å². The number of benzene rings is 1. The van der Waals surface area contributed by atoms with Crippen molar-refractivity contribution >= 4 is 16.9 Å². The Morgan fingerprint density at radius 1 is 1.32 bits per heavy atom. The lowest BCUT2D eigenvalue weighted by molar-refractivity contribution is -0.138. The minimum atomic E-state index is -0.755. The summed E-state index contributed by atoms with van der Waals surface area (Å²) in [6, 6.07) is 8.70. The summed E-state index contributed by atoms with van der Waals surface area (Å²) in [4.78, 5) is 11.3. The molecule has 1 N–H and O–H groups in total. The fourth-order valence-electron chi connectivity index (χ4n) is 3.19. The predicted octanol–water partition coefficient (Wildman–Crippen LogP) is 3.94. The normalized spacial score (nSPS) is 17.9. The van der Waals surface area contributed by atoms with E-state index in [4.69, 9.17) is 0 Å². The van der Waals surface area contributed by atoms with Crippen LogP contribution in [0.5, 0.6) is 0 Å². The molecule has 0 amide bonds. The van der Waals surface area contributed by atoms with E-state index in [9.17, 15) is 9.90 Å². The number of hydrogen-bond acceptors (Lipinski definition) is 1. The Labute approximate surface area is 112 Å². The van der Waals surface area contributed by atoms with Crippen molar-refractivity contribution in [2.24, 2.45) is 0 Å². The molecule has 19 heavy (non-hydrogen) atoms. The van der Waals surface area contributed by atoms with Crippen LogP contribution >= 0.6 is 0 Å². The number of carboxylic acid groups (broad SMARTS) is 1. The molecule has 2 aromatic rings. The zero-order valence-corrected chi connectivity index (χ0v) is 11.2. The molecule has 100 valence electrons. The van der Waals surface area contributed by atoms with E-state index < -0.39 is 11.9 Å². The second-order valence-electron chi connectivity index (χ2n) is 5.51. The van der Waals surface area contributed by atoms with Crippen molar-refractivity contribution in [3.8, 4) is 0 Å². The van der Waals surface area contributed by atoms with Crippen molar-refractivity contribution < 1.29 is 9.90 Å². The third kappa shape index (κ3) is 2.03. The largest absolute Gasteiger partial charge is 0.481 e. The summed E-state index contributed by atoms with van der Waals surface area (Å²) in [6.07, 6.45) is 7.04. The first-order valence-corrected chi connectivity index (χ1v) is 7.00. The number of carbonyl (C=O) groups is 1. The highest BCUT2D eigenvalue weighted by molar-refractivity contribution is 5.89. The molecule has 1 heterocycles. The molecular formula is C16H19NO2. The molecule has 1 aromatic carbocycles. The summed E-state index contributed by atoms with van der Waals surface area (Å²) in [5, 5.41) is 10.3. The van der Waals surface area contributed by atoms with Gasteiger partial charge < -0.3 is 9.67 Å². The Kier molecular flexibility index (Phi) is 3.05. The molecule has 0 aliphatic heterocycles. The van der Waals surface area contributed by atoms with Crippen molar-refractivity contribution in [2.45, 2.75) is 44.6 Å². The number of para-hydroxylation sites is 1. The summed E-state index contributed by atoms with van der Waals surface area (Å²) in [6.45, 7) is 1.77. The van der Waals surface area contributed by atoms with Gasteiger partial charge in [0, 0.05) is 23.1 Å². The second-order valence-corrected chi connectivity index (χ2v) is 5.51. The molecule has 1 saturated carbocycles. The van der Waals surface area contributed by atoms with Gasteiger partial charge in [-0.25, -0.2) is 0 Å². The summed E-state index contributed by atoms with van der Waals surface area (Å²) in [5.41, 5.74) is 2.12. The molecule has 1 aliphatic rings. The van der Waals surface area contributed by atoms with Crippen LogP contribution in [0.1, 0.15) is 50.1 Å². The highest BCUT2D eigenvalue weighted by Crippen LogP contribution is 2.36. The zero-order valence-electron chi connectivity index (χ0n) is 11.2. The monoisotopic (exact) mass is 257 g/mol. The van der Waals surface area contributed by atoms with E-state index in [0.29, 0.717) is 6.04 Å². The summed E-state index contributed by atoms with van der Waals surface area (Å²) in [7, 11) is 0. The Hall–Kier alpha value is -1.77. The highest BCUT2D eigenvalue weighted by atomic mass is 16.4. The summed E-state index contributed by atoms with van der Waals surface area (Å²) in [5.74, 6) is -1.21. The maximum absolute atomic E-state index is 11.3. The van der Waals surface area contributed by atoms with Crippen LogP contribution in [0.2, 0.25) is 0 Å². The van der Waals surface area contributed by atoms with Crippen LogP contribution < -0.4 is 0 Å². The van der Waals surface area contributed by atoms with Gasteiger partial charge in [-0.2, -0.15) is 0 Å². The summed E-state index contributed by atoms with van der Waals surface area (Å²) < 4.78 is 2.30. The Balaban J connectivity index is 2.15. The van der Waals surface area contributed by atoms with Gasteiger partial charge in [-0.15, -0.1) is 0 Å². The van der Waals surface area contributed by atoms with E-state index in [2.05, 4.69) is 16.8 Å². The molecule has 0 radical (unpaired) electrons. The van der Waals surface area contributed by atoms with E-state index in [1.54, 1.807) is 6.92 Å². The molecule has 3 rings (SSSR count). The van der Waals surface area contributed by atoms with E-state index in [1.165, 1.54) is 31.2 Å². The number of nitrogens with zero attached hydrogens (tertiary/aromatic N) is 1. The van der Waals surface area contributed by atoms with Gasteiger partial charge in [-0.3, -0.25) is 4.79 Å². The Bertz CT molecular complexity index is 608.